The minimum atomic E-state index is 1.07. The molecular formula is C20H20N2S. The quantitative estimate of drug-likeness (QED) is 0.643. The second-order valence-electron chi connectivity index (χ2n) is 6.15. The number of aromatic nitrogens is 1. The van der Waals surface area contributed by atoms with Crippen molar-refractivity contribution in [1.82, 2.24) is 4.98 Å². The van der Waals surface area contributed by atoms with Gasteiger partial charge in [-0.05, 0) is 31.9 Å². The van der Waals surface area contributed by atoms with Gasteiger partial charge in [-0.15, -0.1) is 11.3 Å². The van der Waals surface area contributed by atoms with Gasteiger partial charge in [-0.2, -0.15) is 0 Å². The summed E-state index contributed by atoms with van der Waals surface area (Å²) in [6.45, 7) is 4.46. The number of anilines is 1. The summed E-state index contributed by atoms with van der Waals surface area (Å²) in [5, 5.41) is 3.25. The van der Waals surface area contributed by atoms with E-state index in [0.29, 0.717) is 0 Å². The van der Waals surface area contributed by atoms with Crippen LogP contribution in [0.4, 0.5) is 5.69 Å². The van der Waals surface area contributed by atoms with Crippen LogP contribution >= 0.6 is 11.3 Å². The SMILES string of the molecule is Cc1ccc(-c2csc(-c3cccc(N4CCCC4)c3)n2)cc1. The molecule has 1 aliphatic rings. The average Bonchev–Trinajstić information content (AvgIpc) is 3.28. The van der Waals surface area contributed by atoms with E-state index >= 15 is 0 Å². The Balaban J connectivity index is 1.63. The number of thiazole rings is 1. The third kappa shape index (κ3) is 3.02. The highest BCUT2D eigenvalue weighted by Gasteiger charge is 2.13. The van der Waals surface area contributed by atoms with Gasteiger partial charge in [0.1, 0.15) is 5.01 Å². The summed E-state index contributed by atoms with van der Waals surface area (Å²) in [6, 6.07) is 17.4. The maximum atomic E-state index is 4.85. The van der Waals surface area contributed by atoms with Crippen LogP contribution in [0.2, 0.25) is 0 Å². The summed E-state index contributed by atoms with van der Waals surface area (Å²) in [5.41, 5.74) is 6.08. The third-order valence-electron chi connectivity index (χ3n) is 4.42. The first-order valence-corrected chi connectivity index (χ1v) is 9.05. The van der Waals surface area contributed by atoms with Crippen molar-refractivity contribution in [2.45, 2.75) is 19.8 Å². The molecular weight excluding hydrogens is 300 g/mol. The van der Waals surface area contributed by atoms with Gasteiger partial charge in [0, 0.05) is 35.3 Å². The summed E-state index contributed by atoms with van der Waals surface area (Å²) in [4.78, 5) is 7.32. The normalized spacial score (nSPS) is 14.4. The van der Waals surface area contributed by atoms with E-state index in [1.54, 1.807) is 11.3 Å². The molecule has 3 aromatic rings. The van der Waals surface area contributed by atoms with E-state index in [1.165, 1.54) is 48.3 Å². The van der Waals surface area contributed by atoms with Gasteiger partial charge in [0.05, 0.1) is 5.69 Å². The smallest absolute Gasteiger partial charge is 0.124 e. The predicted octanol–water partition coefficient (Wildman–Crippen LogP) is 5.39. The van der Waals surface area contributed by atoms with Crippen molar-refractivity contribution in [1.29, 1.82) is 0 Å². The van der Waals surface area contributed by atoms with Crippen molar-refractivity contribution < 1.29 is 0 Å². The second kappa shape index (κ2) is 6.17. The Hall–Kier alpha value is -2.13. The summed E-state index contributed by atoms with van der Waals surface area (Å²) >= 11 is 1.72. The van der Waals surface area contributed by atoms with Gasteiger partial charge in [-0.25, -0.2) is 4.98 Å². The van der Waals surface area contributed by atoms with E-state index in [9.17, 15) is 0 Å². The van der Waals surface area contributed by atoms with Gasteiger partial charge < -0.3 is 4.90 Å². The minimum absolute atomic E-state index is 1.07. The summed E-state index contributed by atoms with van der Waals surface area (Å²) < 4.78 is 0. The van der Waals surface area contributed by atoms with Crippen LogP contribution in [0.25, 0.3) is 21.8 Å². The molecule has 1 aliphatic heterocycles. The molecule has 1 aromatic heterocycles. The zero-order valence-corrected chi connectivity index (χ0v) is 14.1. The third-order valence-corrected chi connectivity index (χ3v) is 5.31. The number of hydrogen-bond acceptors (Lipinski definition) is 3. The fraction of sp³-hybridized carbons (Fsp3) is 0.250. The lowest BCUT2D eigenvalue weighted by Gasteiger charge is -2.17. The van der Waals surface area contributed by atoms with Crippen molar-refractivity contribution in [3.05, 3.63) is 59.5 Å². The maximum absolute atomic E-state index is 4.85. The van der Waals surface area contributed by atoms with Crippen molar-refractivity contribution in [2.24, 2.45) is 0 Å². The van der Waals surface area contributed by atoms with E-state index < -0.39 is 0 Å². The van der Waals surface area contributed by atoms with E-state index in [4.69, 9.17) is 4.98 Å². The molecule has 3 heteroatoms. The zero-order chi connectivity index (χ0) is 15.6. The second-order valence-corrected chi connectivity index (χ2v) is 7.01. The molecule has 0 atom stereocenters. The van der Waals surface area contributed by atoms with Gasteiger partial charge in [0.25, 0.3) is 0 Å². The first kappa shape index (κ1) is 14.5. The molecule has 0 N–H and O–H groups in total. The fourth-order valence-corrected chi connectivity index (χ4v) is 3.90. The van der Waals surface area contributed by atoms with E-state index in [-0.39, 0.29) is 0 Å². The lowest BCUT2D eigenvalue weighted by Crippen LogP contribution is -2.17. The molecule has 2 nitrogen and oxygen atoms in total. The Kier molecular flexibility index (Phi) is 3.88. The number of hydrogen-bond donors (Lipinski definition) is 0. The topological polar surface area (TPSA) is 16.1 Å². The fourth-order valence-electron chi connectivity index (χ4n) is 3.07. The van der Waals surface area contributed by atoms with E-state index in [0.717, 1.165) is 10.7 Å². The van der Waals surface area contributed by atoms with Crippen LogP contribution in [-0.4, -0.2) is 18.1 Å². The highest BCUT2D eigenvalue weighted by atomic mass is 32.1. The van der Waals surface area contributed by atoms with Crippen LogP contribution in [-0.2, 0) is 0 Å². The van der Waals surface area contributed by atoms with Crippen molar-refractivity contribution in [3.63, 3.8) is 0 Å². The molecule has 23 heavy (non-hydrogen) atoms. The number of nitrogens with zero attached hydrogens (tertiary/aromatic N) is 2. The van der Waals surface area contributed by atoms with Gasteiger partial charge >= 0.3 is 0 Å². The molecule has 116 valence electrons. The van der Waals surface area contributed by atoms with Crippen LogP contribution < -0.4 is 4.90 Å². The monoisotopic (exact) mass is 320 g/mol. The first-order chi connectivity index (χ1) is 11.3. The lowest BCUT2D eigenvalue weighted by molar-refractivity contribution is 0.949. The summed E-state index contributed by atoms with van der Waals surface area (Å²) in [6.07, 6.45) is 2.61. The molecule has 0 spiro atoms. The van der Waals surface area contributed by atoms with Gasteiger partial charge in [0.15, 0.2) is 0 Å². The Bertz CT molecular complexity index is 799. The number of rotatable bonds is 3. The van der Waals surface area contributed by atoms with Crippen LogP contribution in [0, 0.1) is 6.92 Å². The molecule has 1 fully saturated rings. The number of benzene rings is 2. The van der Waals surface area contributed by atoms with Crippen molar-refractivity contribution in [3.8, 4) is 21.8 Å². The first-order valence-electron chi connectivity index (χ1n) is 8.17. The van der Waals surface area contributed by atoms with Gasteiger partial charge in [-0.3, -0.25) is 0 Å². The molecule has 0 unspecified atom stereocenters. The molecule has 2 heterocycles. The van der Waals surface area contributed by atoms with Crippen LogP contribution in [0.3, 0.4) is 0 Å². The maximum Gasteiger partial charge on any atom is 0.124 e. The Labute approximate surface area is 141 Å². The predicted molar refractivity (Wildman–Crippen MR) is 99.2 cm³/mol. The van der Waals surface area contributed by atoms with Crippen LogP contribution in [0.5, 0.6) is 0 Å². The summed E-state index contributed by atoms with van der Waals surface area (Å²) in [5.74, 6) is 0. The molecule has 0 aliphatic carbocycles. The lowest BCUT2D eigenvalue weighted by atomic mass is 10.1. The minimum Gasteiger partial charge on any atom is -0.372 e. The molecule has 0 radical (unpaired) electrons. The number of aryl methyl sites for hydroxylation is 1. The highest BCUT2D eigenvalue weighted by Crippen LogP contribution is 2.31. The Morgan fingerprint density at radius 2 is 1.74 bits per heavy atom. The van der Waals surface area contributed by atoms with Gasteiger partial charge in [0.2, 0.25) is 0 Å². The molecule has 1 saturated heterocycles. The van der Waals surface area contributed by atoms with Gasteiger partial charge in [-0.1, -0.05) is 42.0 Å². The van der Waals surface area contributed by atoms with E-state index in [1.807, 2.05) is 0 Å². The molecule has 0 amide bonds. The van der Waals surface area contributed by atoms with Crippen LogP contribution in [0.15, 0.2) is 53.9 Å². The summed E-state index contributed by atoms with van der Waals surface area (Å²) in [7, 11) is 0. The molecule has 4 rings (SSSR count). The largest absolute Gasteiger partial charge is 0.372 e. The van der Waals surface area contributed by atoms with Crippen LogP contribution in [0.1, 0.15) is 18.4 Å². The standard InChI is InChI=1S/C20H20N2S/c1-15-7-9-16(10-8-15)19-14-23-20(21-19)17-5-4-6-18(13-17)22-11-2-3-12-22/h4-10,13-14H,2-3,11-12H2,1H3. The Morgan fingerprint density at radius 3 is 2.52 bits per heavy atom. The van der Waals surface area contributed by atoms with E-state index in [2.05, 4.69) is 65.7 Å². The molecule has 0 bridgehead atoms. The van der Waals surface area contributed by atoms with Crippen molar-refractivity contribution >= 4 is 17.0 Å². The molecule has 0 saturated carbocycles. The highest BCUT2D eigenvalue weighted by molar-refractivity contribution is 7.13. The zero-order valence-electron chi connectivity index (χ0n) is 13.3. The Morgan fingerprint density at radius 1 is 0.957 bits per heavy atom. The molecule has 2 aromatic carbocycles. The van der Waals surface area contributed by atoms with Crippen molar-refractivity contribution in [2.75, 3.05) is 18.0 Å². The average molecular weight is 320 g/mol.